The third kappa shape index (κ3) is 7.44. The summed E-state index contributed by atoms with van der Waals surface area (Å²) >= 11 is 5.86. The molecule has 0 bridgehead atoms. The van der Waals surface area contributed by atoms with E-state index in [4.69, 9.17) is 16.3 Å². The average molecular weight is 510 g/mol. The number of amides is 2. The number of hydrogen-bond donors (Lipinski definition) is 1. The van der Waals surface area contributed by atoms with Crippen molar-refractivity contribution in [1.82, 2.24) is 14.5 Å². The number of carbonyl (C=O) groups is 2. The topological polar surface area (TPSA) is 96.0 Å². The van der Waals surface area contributed by atoms with Crippen molar-refractivity contribution in [2.75, 3.05) is 20.7 Å². The van der Waals surface area contributed by atoms with Gasteiger partial charge < -0.3 is 15.0 Å². The molecule has 2 aromatic carbocycles. The van der Waals surface area contributed by atoms with Crippen LogP contribution in [0.15, 0.2) is 53.4 Å². The zero-order valence-electron chi connectivity index (χ0n) is 20.3. The fourth-order valence-electron chi connectivity index (χ4n) is 3.14. The summed E-state index contributed by atoms with van der Waals surface area (Å²) in [7, 11) is -1.05. The Hall–Kier alpha value is -2.62. The smallest absolute Gasteiger partial charge is 0.243 e. The van der Waals surface area contributed by atoms with Crippen molar-refractivity contribution in [3.8, 4) is 5.75 Å². The van der Waals surface area contributed by atoms with Crippen molar-refractivity contribution in [3.05, 3.63) is 59.1 Å². The van der Waals surface area contributed by atoms with Crippen molar-refractivity contribution >= 4 is 33.4 Å². The van der Waals surface area contributed by atoms with Crippen molar-refractivity contribution < 1.29 is 22.7 Å². The molecule has 0 heterocycles. The lowest BCUT2D eigenvalue weighted by atomic mass is 10.1. The first-order valence-corrected chi connectivity index (χ1v) is 12.5. The summed E-state index contributed by atoms with van der Waals surface area (Å²) in [6.07, 6.45) is 0. The van der Waals surface area contributed by atoms with E-state index < -0.39 is 34.1 Å². The van der Waals surface area contributed by atoms with Gasteiger partial charge in [-0.15, -0.1) is 0 Å². The van der Waals surface area contributed by atoms with Crippen LogP contribution >= 0.6 is 11.6 Å². The summed E-state index contributed by atoms with van der Waals surface area (Å²) in [5.41, 5.74) is 0.280. The highest BCUT2D eigenvalue weighted by molar-refractivity contribution is 7.89. The van der Waals surface area contributed by atoms with Crippen LogP contribution in [0.4, 0.5) is 0 Å². The molecule has 0 aromatic heterocycles. The first-order chi connectivity index (χ1) is 15.7. The van der Waals surface area contributed by atoms with Crippen LogP contribution in [0.3, 0.4) is 0 Å². The van der Waals surface area contributed by atoms with E-state index in [0.717, 1.165) is 9.87 Å². The molecule has 0 saturated heterocycles. The summed E-state index contributed by atoms with van der Waals surface area (Å²) in [6, 6.07) is 12.0. The predicted octanol–water partition coefficient (Wildman–Crippen LogP) is 3.30. The van der Waals surface area contributed by atoms with Gasteiger partial charge in [-0.25, -0.2) is 8.42 Å². The first-order valence-electron chi connectivity index (χ1n) is 10.7. The predicted molar refractivity (Wildman–Crippen MR) is 132 cm³/mol. The minimum absolute atomic E-state index is 0.0208. The SMILES string of the molecule is COc1ccc(CN(C(=O)CN(C)S(=O)(=O)c2ccc(Cl)cc2)C(C)C(=O)NC(C)(C)C)cc1. The molecular formula is C24H32ClN3O5S. The molecular weight excluding hydrogens is 478 g/mol. The van der Waals surface area contributed by atoms with Gasteiger partial charge >= 0.3 is 0 Å². The Morgan fingerprint density at radius 2 is 1.62 bits per heavy atom. The first kappa shape index (κ1) is 27.6. The lowest BCUT2D eigenvalue weighted by molar-refractivity contribution is -0.141. The zero-order chi connectivity index (χ0) is 25.7. The van der Waals surface area contributed by atoms with Gasteiger partial charge in [0.05, 0.1) is 18.6 Å². The Labute approximate surface area is 206 Å². The molecule has 1 atom stereocenters. The van der Waals surface area contributed by atoms with Crippen molar-refractivity contribution in [2.24, 2.45) is 0 Å². The molecule has 0 spiro atoms. The monoisotopic (exact) mass is 509 g/mol. The highest BCUT2D eigenvalue weighted by Crippen LogP contribution is 2.19. The van der Waals surface area contributed by atoms with Gasteiger partial charge in [0.2, 0.25) is 21.8 Å². The van der Waals surface area contributed by atoms with E-state index in [-0.39, 0.29) is 17.3 Å². The molecule has 1 N–H and O–H groups in total. The molecule has 0 saturated carbocycles. The average Bonchev–Trinajstić information content (AvgIpc) is 2.76. The van der Waals surface area contributed by atoms with Crippen LogP contribution in [0, 0.1) is 0 Å². The number of nitrogens with zero attached hydrogens (tertiary/aromatic N) is 2. The number of benzene rings is 2. The Morgan fingerprint density at radius 3 is 2.12 bits per heavy atom. The van der Waals surface area contributed by atoms with E-state index in [1.54, 1.807) is 38.3 Å². The number of methoxy groups -OCH3 is 1. The largest absolute Gasteiger partial charge is 0.497 e. The van der Waals surface area contributed by atoms with Gasteiger partial charge in [-0.05, 0) is 69.7 Å². The summed E-state index contributed by atoms with van der Waals surface area (Å²) < 4.78 is 32.0. The number of ether oxygens (including phenoxy) is 1. The van der Waals surface area contributed by atoms with Gasteiger partial charge in [0.15, 0.2) is 0 Å². The molecule has 1 unspecified atom stereocenters. The minimum Gasteiger partial charge on any atom is -0.497 e. The Kier molecular flexibility index (Phi) is 9.10. The molecule has 0 radical (unpaired) electrons. The summed E-state index contributed by atoms with van der Waals surface area (Å²) in [4.78, 5) is 27.6. The number of halogens is 1. The second-order valence-electron chi connectivity index (χ2n) is 9.00. The van der Waals surface area contributed by atoms with E-state index >= 15 is 0 Å². The van der Waals surface area contributed by atoms with Gasteiger partial charge in [-0.3, -0.25) is 9.59 Å². The highest BCUT2D eigenvalue weighted by atomic mass is 35.5. The maximum Gasteiger partial charge on any atom is 0.243 e. The van der Waals surface area contributed by atoms with Crippen molar-refractivity contribution in [1.29, 1.82) is 0 Å². The van der Waals surface area contributed by atoms with Gasteiger partial charge in [0, 0.05) is 24.2 Å². The molecule has 0 fully saturated rings. The molecule has 2 amide bonds. The molecule has 0 aliphatic rings. The lowest BCUT2D eigenvalue weighted by Crippen LogP contribution is -2.54. The number of carbonyl (C=O) groups excluding carboxylic acids is 2. The van der Waals surface area contributed by atoms with Crippen molar-refractivity contribution in [2.45, 2.75) is 50.7 Å². The molecule has 2 rings (SSSR count). The second kappa shape index (κ2) is 11.2. The molecule has 2 aromatic rings. The number of rotatable bonds is 9. The van der Waals surface area contributed by atoms with E-state index in [1.165, 1.54) is 36.2 Å². The van der Waals surface area contributed by atoms with E-state index in [1.807, 2.05) is 20.8 Å². The maximum absolute atomic E-state index is 13.3. The number of sulfonamides is 1. The van der Waals surface area contributed by atoms with Gasteiger partial charge in [0.25, 0.3) is 0 Å². The van der Waals surface area contributed by atoms with E-state index in [2.05, 4.69) is 5.32 Å². The Bertz CT molecular complexity index is 1100. The number of likely N-dealkylation sites (N-methyl/N-ethyl adjacent to an activating group) is 1. The van der Waals surface area contributed by atoms with Crippen molar-refractivity contribution in [3.63, 3.8) is 0 Å². The van der Waals surface area contributed by atoms with E-state index in [0.29, 0.717) is 10.8 Å². The Balaban J connectivity index is 2.29. The maximum atomic E-state index is 13.3. The lowest BCUT2D eigenvalue weighted by Gasteiger charge is -2.32. The van der Waals surface area contributed by atoms with Crippen LogP contribution in [0.1, 0.15) is 33.3 Å². The third-order valence-corrected chi connectivity index (χ3v) is 7.13. The van der Waals surface area contributed by atoms with Crippen LogP contribution in [0.25, 0.3) is 0 Å². The fourth-order valence-corrected chi connectivity index (χ4v) is 4.38. The van der Waals surface area contributed by atoms with Gasteiger partial charge in [-0.2, -0.15) is 4.31 Å². The number of hydrogen-bond acceptors (Lipinski definition) is 5. The molecule has 10 heteroatoms. The molecule has 186 valence electrons. The third-order valence-electron chi connectivity index (χ3n) is 5.06. The Morgan fingerprint density at radius 1 is 1.06 bits per heavy atom. The van der Waals surface area contributed by atoms with Crippen LogP contribution in [0.5, 0.6) is 5.75 Å². The van der Waals surface area contributed by atoms with Crippen LogP contribution < -0.4 is 10.1 Å². The zero-order valence-corrected chi connectivity index (χ0v) is 21.9. The fraction of sp³-hybridized carbons (Fsp3) is 0.417. The van der Waals surface area contributed by atoms with Crippen LogP contribution in [0.2, 0.25) is 5.02 Å². The van der Waals surface area contributed by atoms with E-state index in [9.17, 15) is 18.0 Å². The second-order valence-corrected chi connectivity index (χ2v) is 11.5. The standard InChI is InChI=1S/C24H32ClN3O5S/c1-17(23(30)26-24(2,3)4)28(15-18-7-11-20(33-6)12-8-18)22(29)16-27(5)34(31,32)21-13-9-19(25)10-14-21/h7-14,17H,15-16H2,1-6H3,(H,26,30). The molecule has 34 heavy (non-hydrogen) atoms. The number of nitrogens with one attached hydrogen (secondary N) is 1. The minimum atomic E-state index is -3.93. The quantitative estimate of drug-likeness (QED) is 0.559. The van der Waals surface area contributed by atoms with Gasteiger partial charge in [-0.1, -0.05) is 23.7 Å². The molecule has 0 aliphatic heterocycles. The van der Waals surface area contributed by atoms with Gasteiger partial charge in [0.1, 0.15) is 11.8 Å². The molecule has 0 aliphatic carbocycles. The van der Waals surface area contributed by atoms with Crippen LogP contribution in [-0.2, 0) is 26.2 Å². The molecule has 8 nitrogen and oxygen atoms in total. The highest BCUT2D eigenvalue weighted by Gasteiger charge is 2.31. The summed E-state index contributed by atoms with van der Waals surface area (Å²) in [5, 5.41) is 3.28. The van der Waals surface area contributed by atoms with Crippen LogP contribution in [-0.4, -0.2) is 61.7 Å². The normalized spacial score (nSPS) is 12.8. The summed E-state index contributed by atoms with van der Waals surface area (Å²) in [5.74, 6) is -0.182. The summed E-state index contributed by atoms with van der Waals surface area (Å²) in [6.45, 7) is 6.85.